The molecule has 1 amide bonds. The smallest absolute Gasteiger partial charge is 0.293 e. The number of rotatable bonds is 5. The lowest BCUT2D eigenvalue weighted by atomic mass is 10.1. The minimum Gasteiger partial charge on any atom is -0.376 e. The Kier molecular flexibility index (Phi) is 5.11. The first kappa shape index (κ1) is 15.0. The molecule has 0 aromatic carbocycles. The van der Waals surface area contributed by atoms with Crippen LogP contribution < -0.4 is 0 Å². The molecule has 6 nitrogen and oxygen atoms in total. The Morgan fingerprint density at radius 3 is 3.00 bits per heavy atom. The molecule has 112 valence electrons. The minimum atomic E-state index is -0.0991. The second-order valence-corrected chi connectivity index (χ2v) is 5.59. The molecule has 1 unspecified atom stereocenters. The van der Waals surface area contributed by atoms with E-state index < -0.39 is 0 Å². The van der Waals surface area contributed by atoms with Crippen LogP contribution in [0.5, 0.6) is 0 Å². The Morgan fingerprint density at radius 2 is 2.35 bits per heavy atom. The van der Waals surface area contributed by atoms with Gasteiger partial charge in [-0.05, 0) is 19.3 Å². The highest BCUT2D eigenvalue weighted by molar-refractivity contribution is 5.90. The second kappa shape index (κ2) is 6.83. The van der Waals surface area contributed by atoms with Crippen LogP contribution in [0, 0.1) is 0 Å². The average molecular weight is 280 g/mol. The molecule has 2 rings (SSSR count). The molecule has 1 saturated heterocycles. The summed E-state index contributed by atoms with van der Waals surface area (Å²) in [5, 5.41) is 6.86. The van der Waals surface area contributed by atoms with Gasteiger partial charge in [-0.3, -0.25) is 9.89 Å². The lowest BCUT2D eigenvalue weighted by molar-refractivity contribution is 0.00173. The number of nitrogens with one attached hydrogen (secondary N) is 1. The van der Waals surface area contributed by atoms with Gasteiger partial charge in [0.05, 0.1) is 6.10 Å². The molecule has 1 N–H and O–H groups in total. The number of amides is 1. The number of carbonyl (C=O) groups is 1. The Balaban J connectivity index is 1.97. The van der Waals surface area contributed by atoms with Crippen molar-refractivity contribution in [1.82, 2.24) is 20.1 Å². The van der Waals surface area contributed by atoms with Gasteiger partial charge < -0.3 is 9.64 Å². The maximum Gasteiger partial charge on any atom is 0.293 e. The number of ether oxygens (including phenoxy) is 1. The predicted octanol–water partition coefficient (Wildman–Crippen LogP) is 1.96. The molecule has 0 radical (unpaired) electrons. The van der Waals surface area contributed by atoms with E-state index in [4.69, 9.17) is 4.74 Å². The van der Waals surface area contributed by atoms with E-state index in [1.165, 1.54) is 0 Å². The molecule has 1 aromatic rings. The molecule has 0 aliphatic carbocycles. The molecule has 0 spiro atoms. The van der Waals surface area contributed by atoms with Crippen LogP contribution in [0.1, 0.15) is 62.4 Å². The van der Waals surface area contributed by atoms with Gasteiger partial charge in [-0.15, -0.1) is 5.10 Å². The highest BCUT2D eigenvalue weighted by Crippen LogP contribution is 2.16. The van der Waals surface area contributed by atoms with Gasteiger partial charge in [0.25, 0.3) is 5.91 Å². The topological polar surface area (TPSA) is 71.1 Å². The summed E-state index contributed by atoms with van der Waals surface area (Å²) in [4.78, 5) is 18.5. The van der Waals surface area contributed by atoms with Crippen LogP contribution in [0.3, 0.4) is 0 Å². The molecular weight excluding hydrogens is 256 g/mol. The number of aromatic nitrogens is 3. The molecule has 20 heavy (non-hydrogen) atoms. The molecule has 1 atom stereocenters. The van der Waals surface area contributed by atoms with Crippen LogP contribution in [0.2, 0.25) is 0 Å². The second-order valence-electron chi connectivity index (χ2n) is 5.59. The zero-order valence-corrected chi connectivity index (χ0v) is 12.6. The van der Waals surface area contributed by atoms with E-state index in [0.29, 0.717) is 6.54 Å². The molecule has 0 saturated carbocycles. The number of hydrogen-bond acceptors (Lipinski definition) is 4. The quantitative estimate of drug-likeness (QED) is 0.895. The number of piperidine rings is 1. The van der Waals surface area contributed by atoms with Crippen LogP contribution in [0.25, 0.3) is 0 Å². The van der Waals surface area contributed by atoms with E-state index in [9.17, 15) is 4.79 Å². The summed E-state index contributed by atoms with van der Waals surface area (Å²) < 4.78 is 5.75. The van der Waals surface area contributed by atoms with Gasteiger partial charge in [0.1, 0.15) is 5.82 Å². The van der Waals surface area contributed by atoms with E-state index in [1.807, 2.05) is 13.8 Å². The normalized spacial score (nSPS) is 19.6. The van der Waals surface area contributed by atoms with Crippen molar-refractivity contribution in [2.75, 3.05) is 19.7 Å². The van der Waals surface area contributed by atoms with Crippen molar-refractivity contribution in [3.8, 4) is 0 Å². The van der Waals surface area contributed by atoms with Gasteiger partial charge in [-0.25, -0.2) is 4.98 Å². The summed E-state index contributed by atoms with van der Waals surface area (Å²) >= 11 is 0. The molecule has 1 aromatic heterocycles. The number of H-pyrrole nitrogens is 1. The molecule has 1 aliphatic heterocycles. The van der Waals surface area contributed by atoms with Crippen molar-refractivity contribution in [2.45, 2.75) is 52.1 Å². The summed E-state index contributed by atoms with van der Waals surface area (Å²) in [5.74, 6) is 1.16. The molecule has 0 bridgehead atoms. The Morgan fingerprint density at radius 1 is 1.55 bits per heavy atom. The van der Waals surface area contributed by atoms with Crippen molar-refractivity contribution in [1.29, 1.82) is 0 Å². The number of nitrogens with zero attached hydrogens (tertiary/aromatic N) is 3. The van der Waals surface area contributed by atoms with Crippen LogP contribution >= 0.6 is 0 Å². The van der Waals surface area contributed by atoms with E-state index >= 15 is 0 Å². The SMILES string of the molecule is CCCOC1CCCN(C(=O)c2n[nH]c(C(C)C)n2)C1. The Hall–Kier alpha value is -1.43. The monoisotopic (exact) mass is 280 g/mol. The van der Waals surface area contributed by atoms with Gasteiger partial charge >= 0.3 is 0 Å². The lowest BCUT2D eigenvalue weighted by Gasteiger charge is -2.31. The van der Waals surface area contributed by atoms with Crippen molar-refractivity contribution in [2.24, 2.45) is 0 Å². The number of likely N-dealkylation sites (tertiary alicyclic amines) is 1. The van der Waals surface area contributed by atoms with Gasteiger partial charge in [0.2, 0.25) is 5.82 Å². The third kappa shape index (κ3) is 3.56. The number of carbonyl (C=O) groups excluding carboxylic acids is 1. The molecule has 1 aliphatic rings. The third-order valence-corrected chi connectivity index (χ3v) is 3.46. The molecule has 2 heterocycles. The van der Waals surface area contributed by atoms with Crippen molar-refractivity contribution < 1.29 is 9.53 Å². The first-order valence-corrected chi connectivity index (χ1v) is 7.45. The minimum absolute atomic E-state index is 0.0991. The summed E-state index contributed by atoms with van der Waals surface area (Å²) in [7, 11) is 0. The first-order chi connectivity index (χ1) is 9.61. The van der Waals surface area contributed by atoms with E-state index in [0.717, 1.165) is 38.2 Å². The largest absolute Gasteiger partial charge is 0.376 e. The van der Waals surface area contributed by atoms with Crippen LogP contribution in [-0.2, 0) is 4.74 Å². The fraction of sp³-hybridized carbons (Fsp3) is 0.786. The number of hydrogen-bond donors (Lipinski definition) is 1. The van der Waals surface area contributed by atoms with E-state index in [1.54, 1.807) is 4.90 Å². The lowest BCUT2D eigenvalue weighted by Crippen LogP contribution is -2.43. The zero-order chi connectivity index (χ0) is 14.5. The maximum absolute atomic E-state index is 12.4. The highest BCUT2D eigenvalue weighted by atomic mass is 16.5. The summed E-state index contributed by atoms with van der Waals surface area (Å²) in [5.41, 5.74) is 0. The first-order valence-electron chi connectivity index (χ1n) is 7.45. The van der Waals surface area contributed by atoms with Gasteiger partial charge in [-0.2, -0.15) is 0 Å². The van der Waals surface area contributed by atoms with E-state index in [2.05, 4.69) is 22.1 Å². The van der Waals surface area contributed by atoms with E-state index in [-0.39, 0.29) is 23.8 Å². The predicted molar refractivity (Wildman–Crippen MR) is 75.6 cm³/mol. The third-order valence-electron chi connectivity index (χ3n) is 3.46. The average Bonchev–Trinajstić information content (AvgIpc) is 2.94. The summed E-state index contributed by atoms with van der Waals surface area (Å²) in [6.45, 7) is 8.28. The highest BCUT2D eigenvalue weighted by Gasteiger charge is 2.27. The van der Waals surface area contributed by atoms with Crippen LogP contribution in [-0.4, -0.2) is 51.8 Å². The zero-order valence-electron chi connectivity index (χ0n) is 12.6. The standard InChI is InChI=1S/C14H24N4O2/c1-4-8-20-11-6-5-7-18(9-11)14(19)13-15-12(10(2)3)16-17-13/h10-11H,4-9H2,1-3H3,(H,15,16,17). The van der Waals surface area contributed by atoms with Gasteiger partial charge in [0, 0.05) is 25.6 Å². The maximum atomic E-state index is 12.4. The summed E-state index contributed by atoms with van der Waals surface area (Å²) in [6.07, 6.45) is 3.15. The Labute approximate surface area is 119 Å². The molecule has 1 fully saturated rings. The van der Waals surface area contributed by atoms with Crippen molar-refractivity contribution in [3.63, 3.8) is 0 Å². The van der Waals surface area contributed by atoms with Gasteiger partial charge in [-0.1, -0.05) is 20.8 Å². The van der Waals surface area contributed by atoms with Gasteiger partial charge in [0.15, 0.2) is 0 Å². The fourth-order valence-electron chi connectivity index (χ4n) is 2.31. The van der Waals surface area contributed by atoms with Crippen LogP contribution in [0.4, 0.5) is 0 Å². The van der Waals surface area contributed by atoms with Crippen LogP contribution in [0.15, 0.2) is 0 Å². The molecule has 6 heteroatoms. The molecular formula is C14H24N4O2. The van der Waals surface area contributed by atoms with Crippen molar-refractivity contribution >= 4 is 5.91 Å². The summed E-state index contributed by atoms with van der Waals surface area (Å²) in [6, 6.07) is 0. The van der Waals surface area contributed by atoms with Crippen molar-refractivity contribution in [3.05, 3.63) is 11.6 Å². The number of aromatic amines is 1. The Bertz CT molecular complexity index is 444. The fourth-order valence-corrected chi connectivity index (χ4v) is 2.31.